The molecular weight excluding hydrogens is 477 g/mol. The molecule has 29 heavy (non-hydrogen) atoms. The van der Waals surface area contributed by atoms with Gasteiger partial charge in [0.2, 0.25) is 5.91 Å². The first kappa shape index (κ1) is 24.7. The number of rotatable bonds is 7. The van der Waals surface area contributed by atoms with Crippen molar-refractivity contribution in [2.45, 2.75) is 71.3 Å². The summed E-state index contributed by atoms with van der Waals surface area (Å²) in [5.74, 6) is 2.15. The molecule has 2 unspecified atom stereocenters. The second kappa shape index (κ2) is 13.0. The molecule has 2 N–H and O–H groups in total. The maximum absolute atomic E-state index is 12.8. The highest BCUT2D eigenvalue weighted by molar-refractivity contribution is 14.0. The van der Waals surface area contributed by atoms with Crippen LogP contribution in [-0.4, -0.2) is 73.5 Å². The molecule has 0 bridgehead atoms. The molecular formula is C22H42IN5O. The van der Waals surface area contributed by atoms with Gasteiger partial charge in [0, 0.05) is 44.7 Å². The first-order chi connectivity index (χ1) is 13.7. The predicted octanol–water partition coefficient (Wildman–Crippen LogP) is 3.07. The van der Waals surface area contributed by atoms with Gasteiger partial charge in [-0.1, -0.05) is 26.2 Å². The molecule has 0 aromatic rings. The van der Waals surface area contributed by atoms with Crippen molar-refractivity contribution in [3.05, 3.63) is 0 Å². The van der Waals surface area contributed by atoms with Crippen LogP contribution < -0.4 is 10.6 Å². The van der Waals surface area contributed by atoms with Crippen LogP contribution in [0.15, 0.2) is 4.99 Å². The highest BCUT2D eigenvalue weighted by Crippen LogP contribution is 2.26. The second-order valence-corrected chi connectivity index (χ2v) is 9.08. The summed E-state index contributed by atoms with van der Waals surface area (Å²) >= 11 is 0. The zero-order valence-corrected chi connectivity index (χ0v) is 20.8. The van der Waals surface area contributed by atoms with Crippen molar-refractivity contribution in [1.29, 1.82) is 0 Å². The number of guanidine groups is 1. The summed E-state index contributed by atoms with van der Waals surface area (Å²) in [4.78, 5) is 22.3. The topological polar surface area (TPSA) is 60.0 Å². The van der Waals surface area contributed by atoms with Crippen molar-refractivity contribution < 1.29 is 4.79 Å². The number of halogens is 1. The molecule has 7 heteroatoms. The Kier molecular flexibility index (Phi) is 11.0. The molecule has 1 aliphatic carbocycles. The summed E-state index contributed by atoms with van der Waals surface area (Å²) in [6.45, 7) is 11.5. The molecule has 3 rings (SSSR count). The molecule has 1 amide bonds. The third-order valence-electron chi connectivity index (χ3n) is 6.47. The molecule has 2 saturated heterocycles. The normalized spacial score (nSPS) is 25.0. The Morgan fingerprint density at radius 2 is 1.79 bits per heavy atom. The SMILES string of the molecule is CCNC(=NCC(C)CN1CCCC1)NC1CCN(C(=O)C2CCCCC2)C1.I. The fraction of sp³-hybridized carbons (Fsp3) is 0.909. The van der Waals surface area contributed by atoms with Crippen LogP contribution >= 0.6 is 24.0 Å². The lowest BCUT2D eigenvalue weighted by Crippen LogP contribution is -2.46. The number of nitrogens with one attached hydrogen (secondary N) is 2. The summed E-state index contributed by atoms with van der Waals surface area (Å²) in [5.41, 5.74) is 0. The minimum Gasteiger partial charge on any atom is -0.357 e. The van der Waals surface area contributed by atoms with Gasteiger partial charge < -0.3 is 20.4 Å². The van der Waals surface area contributed by atoms with Crippen molar-refractivity contribution in [2.24, 2.45) is 16.8 Å². The molecule has 6 nitrogen and oxygen atoms in total. The smallest absolute Gasteiger partial charge is 0.225 e. The average Bonchev–Trinajstić information content (AvgIpc) is 3.38. The highest BCUT2D eigenvalue weighted by atomic mass is 127. The largest absolute Gasteiger partial charge is 0.357 e. The Morgan fingerprint density at radius 3 is 2.48 bits per heavy atom. The lowest BCUT2D eigenvalue weighted by Gasteiger charge is -2.26. The third-order valence-corrected chi connectivity index (χ3v) is 6.47. The van der Waals surface area contributed by atoms with Crippen molar-refractivity contribution in [2.75, 3.05) is 45.8 Å². The molecule has 0 radical (unpaired) electrons. The number of hydrogen-bond donors (Lipinski definition) is 2. The van der Waals surface area contributed by atoms with Gasteiger partial charge in [-0.05, 0) is 58.0 Å². The molecule has 0 spiro atoms. The number of carbonyl (C=O) groups is 1. The lowest BCUT2D eigenvalue weighted by molar-refractivity contribution is -0.135. The van der Waals surface area contributed by atoms with Crippen LogP contribution in [0.4, 0.5) is 0 Å². The van der Waals surface area contributed by atoms with Crippen LogP contribution in [-0.2, 0) is 4.79 Å². The summed E-state index contributed by atoms with van der Waals surface area (Å²) in [5, 5.41) is 6.97. The predicted molar refractivity (Wildman–Crippen MR) is 131 cm³/mol. The van der Waals surface area contributed by atoms with Gasteiger partial charge in [-0.2, -0.15) is 0 Å². The number of aliphatic imine (C=N–C) groups is 1. The van der Waals surface area contributed by atoms with Gasteiger partial charge >= 0.3 is 0 Å². The molecule has 2 aliphatic heterocycles. The first-order valence-electron chi connectivity index (χ1n) is 11.7. The van der Waals surface area contributed by atoms with E-state index in [1.807, 2.05) is 0 Å². The van der Waals surface area contributed by atoms with E-state index in [9.17, 15) is 4.79 Å². The quantitative estimate of drug-likeness (QED) is 0.309. The van der Waals surface area contributed by atoms with Crippen LogP contribution in [0.1, 0.15) is 65.2 Å². The molecule has 2 atom stereocenters. The number of likely N-dealkylation sites (tertiary alicyclic amines) is 2. The van der Waals surface area contributed by atoms with Gasteiger partial charge in [-0.3, -0.25) is 9.79 Å². The van der Waals surface area contributed by atoms with Crippen molar-refractivity contribution >= 4 is 35.8 Å². The van der Waals surface area contributed by atoms with Crippen LogP contribution in [0.3, 0.4) is 0 Å². The second-order valence-electron chi connectivity index (χ2n) is 9.08. The van der Waals surface area contributed by atoms with E-state index in [4.69, 9.17) is 4.99 Å². The molecule has 0 aromatic heterocycles. The monoisotopic (exact) mass is 519 g/mol. The van der Waals surface area contributed by atoms with E-state index in [1.165, 1.54) is 45.2 Å². The number of carbonyl (C=O) groups excluding carboxylic acids is 1. The Labute approximate surface area is 194 Å². The van der Waals surface area contributed by atoms with Gasteiger partial charge in [0.1, 0.15) is 0 Å². The van der Waals surface area contributed by atoms with Gasteiger partial charge in [0.05, 0.1) is 0 Å². The zero-order valence-electron chi connectivity index (χ0n) is 18.5. The van der Waals surface area contributed by atoms with E-state index in [-0.39, 0.29) is 29.9 Å². The van der Waals surface area contributed by atoms with E-state index < -0.39 is 0 Å². The van der Waals surface area contributed by atoms with Gasteiger partial charge in [0.25, 0.3) is 0 Å². The Hall–Kier alpha value is -0.570. The van der Waals surface area contributed by atoms with Crippen molar-refractivity contribution in [3.8, 4) is 0 Å². The minimum absolute atomic E-state index is 0. The van der Waals surface area contributed by atoms with E-state index in [1.54, 1.807) is 0 Å². The Morgan fingerprint density at radius 1 is 1.07 bits per heavy atom. The van der Waals surface area contributed by atoms with E-state index in [0.717, 1.165) is 57.9 Å². The van der Waals surface area contributed by atoms with Gasteiger partial charge in [0.15, 0.2) is 5.96 Å². The minimum atomic E-state index is 0. The van der Waals surface area contributed by atoms with Gasteiger partial charge in [-0.15, -0.1) is 24.0 Å². The van der Waals surface area contributed by atoms with Crippen LogP contribution in [0, 0.1) is 11.8 Å². The molecule has 3 fully saturated rings. The first-order valence-corrected chi connectivity index (χ1v) is 11.7. The standard InChI is InChI=1S/C22H41N5O.HI/c1-3-23-22(24-15-18(2)16-26-12-7-8-13-26)25-20-11-14-27(17-20)21(28)19-9-5-4-6-10-19;/h18-20H,3-17H2,1-2H3,(H2,23,24,25);1H. The zero-order chi connectivity index (χ0) is 19.8. The Balaban J connectivity index is 0.00000300. The number of nitrogens with zero attached hydrogens (tertiary/aromatic N) is 3. The molecule has 168 valence electrons. The van der Waals surface area contributed by atoms with E-state index in [2.05, 4.69) is 34.3 Å². The van der Waals surface area contributed by atoms with Crippen LogP contribution in [0.2, 0.25) is 0 Å². The Bertz CT molecular complexity index is 517. The fourth-order valence-electron chi connectivity index (χ4n) is 4.91. The van der Waals surface area contributed by atoms with Crippen LogP contribution in [0.25, 0.3) is 0 Å². The lowest BCUT2D eigenvalue weighted by atomic mass is 9.88. The van der Waals surface area contributed by atoms with E-state index in [0.29, 0.717) is 17.9 Å². The molecule has 2 heterocycles. The molecule has 0 aromatic carbocycles. The van der Waals surface area contributed by atoms with E-state index >= 15 is 0 Å². The third kappa shape index (κ3) is 7.89. The highest BCUT2D eigenvalue weighted by Gasteiger charge is 2.31. The molecule has 3 aliphatic rings. The summed E-state index contributed by atoms with van der Waals surface area (Å²) < 4.78 is 0. The molecule has 1 saturated carbocycles. The van der Waals surface area contributed by atoms with Crippen LogP contribution in [0.5, 0.6) is 0 Å². The summed E-state index contributed by atoms with van der Waals surface area (Å²) in [6, 6.07) is 0.319. The van der Waals surface area contributed by atoms with Crippen molar-refractivity contribution in [3.63, 3.8) is 0 Å². The summed E-state index contributed by atoms with van der Waals surface area (Å²) in [7, 11) is 0. The summed E-state index contributed by atoms with van der Waals surface area (Å²) in [6.07, 6.45) is 9.63. The maximum atomic E-state index is 12.8. The van der Waals surface area contributed by atoms with Gasteiger partial charge in [-0.25, -0.2) is 0 Å². The number of amides is 1. The number of hydrogen-bond acceptors (Lipinski definition) is 3. The maximum Gasteiger partial charge on any atom is 0.225 e. The average molecular weight is 520 g/mol. The fourth-order valence-corrected chi connectivity index (χ4v) is 4.91. The van der Waals surface area contributed by atoms with Crippen molar-refractivity contribution in [1.82, 2.24) is 20.4 Å².